The second-order valence-corrected chi connectivity index (χ2v) is 19.6. The Balaban J connectivity index is 1.41. The number of ether oxygens (including phenoxy) is 6. The summed E-state index contributed by atoms with van der Waals surface area (Å²) in [6.45, 7) is 6.47. The summed E-state index contributed by atoms with van der Waals surface area (Å²) >= 11 is 0. The lowest BCUT2D eigenvalue weighted by Gasteiger charge is -2.51. The maximum Gasteiger partial charge on any atom is 0.338 e. The number of esters is 2. The van der Waals surface area contributed by atoms with E-state index in [1.54, 1.807) is 48.5 Å². The van der Waals surface area contributed by atoms with E-state index in [0.717, 1.165) is 29.6 Å². The van der Waals surface area contributed by atoms with Crippen LogP contribution in [-0.2, 0) is 32.8 Å². The minimum Gasteiger partial charge on any atom is -0.452 e. The minimum absolute atomic E-state index is 0.145. The normalized spacial score (nSPS) is 25.1. The summed E-state index contributed by atoms with van der Waals surface area (Å²) < 4.78 is 47.0. The molecule has 1 heterocycles. The summed E-state index contributed by atoms with van der Waals surface area (Å²) in [6.07, 6.45) is -1.50. The molecule has 0 N–H and O–H groups in total. The van der Waals surface area contributed by atoms with Crippen LogP contribution < -0.4 is 10.4 Å². The fourth-order valence-electron chi connectivity index (χ4n) is 8.41. The molecule has 284 valence electrons. The molecule has 0 bridgehead atoms. The number of hydrogen-bond acceptors (Lipinski definition) is 9. The fourth-order valence-corrected chi connectivity index (χ4v) is 13.1. The van der Waals surface area contributed by atoms with E-state index in [9.17, 15) is 9.59 Å². The zero-order chi connectivity index (χ0) is 37.8. The Kier molecular flexibility index (Phi) is 11.5. The van der Waals surface area contributed by atoms with Crippen molar-refractivity contribution in [2.24, 2.45) is 0 Å². The first-order valence-corrected chi connectivity index (χ1v) is 20.8. The molecule has 4 aromatic carbocycles. The molecule has 0 aromatic heterocycles. The number of benzene rings is 4. The fraction of sp³-hybridized carbons (Fsp3) is 0.409. The number of methoxy groups -OCH3 is 1. The van der Waals surface area contributed by atoms with Crippen molar-refractivity contribution in [2.75, 3.05) is 13.9 Å². The predicted octanol–water partition coefficient (Wildman–Crippen LogP) is 6.83. The highest BCUT2D eigenvalue weighted by atomic mass is 28.4. The van der Waals surface area contributed by atoms with Crippen molar-refractivity contribution >= 4 is 30.6 Å². The molecular formula is C44H50O9Si. The van der Waals surface area contributed by atoms with Gasteiger partial charge in [0.05, 0.1) is 11.1 Å². The second-order valence-electron chi connectivity index (χ2n) is 15.4. The Morgan fingerprint density at radius 3 is 1.54 bits per heavy atom. The van der Waals surface area contributed by atoms with Crippen LogP contribution in [0.3, 0.4) is 0 Å². The van der Waals surface area contributed by atoms with Gasteiger partial charge in [0, 0.05) is 20.0 Å². The van der Waals surface area contributed by atoms with Gasteiger partial charge >= 0.3 is 11.9 Å². The van der Waals surface area contributed by atoms with Gasteiger partial charge in [0.25, 0.3) is 8.32 Å². The van der Waals surface area contributed by atoms with Crippen LogP contribution in [0.15, 0.2) is 121 Å². The Bertz CT molecular complexity index is 1790. The molecule has 3 fully saturated rings. The average Bonchev–Trinajstić information content (AvgIpc) is 3.56. The van der Waals surface area contributed by atoms with Gasteiger partial charge in [-0.2, -0.15) is 0 Å². The van der Waals surface area contributed by atoms with E-state index in [4.69, 9.17) is 32.8 Å². The van der Waals surface area contributed by atoms with E-state index in [2.05, 4.69) is 45.0 Å². The smallest absolute Gasteiger partial charge is 0.338 e. The Labute approximate surface area is 319 Å². The predicted molar refractivity (Wildman–Crippen MR) is 206 cm³/mol. The van der Waals surface area contributed by atoms with Crippen LogP contribution in [0.2, 0.25) is 5.04 Å². The summed E-state index contributed by atoms with van der Waals surface area (Å²) in [5, 5.41) is 1.71. The lowest BCUT2D eigenvalue weighted by molar-refractivity contribution is -0.224. The molecule has 7 rings (SSSR count). The summed E-state index contributed by atoms with van der Waals surface area (Å²) in [5.41, 5.74) is 0.698. The Morgan fingerprint density at radius 1 is 0.630 bits per heavy atom. The molecule has 4 aromatic rings. The zero-order valence-corrected chi connectivity index (χ0v) is 32.4. The van der Waals surface area contributed by atoms with Crippen LogP contribution in [0.25, 0.3) is 0 Å². The van der Waals surface area contributed by atoms with E-state index in [1.807, 2.05) is 48.5 Å². The quantitative estimate of drug-likeness (QED) is 0.0929. The number of carbonyl (C=O) groups excluding carboxylic acids is 2. The highest BCUT2D eigenvalue weighted by molar-refractivity contribution is 6.99. The summed E-state index contributed by atoms with van der Waals surface area (Å²) in [4.78, 5) is 28.0. The molecule has 3 aliphatic rings. The SMILES string of the molecule is COCO[C@@H]1[C@@H](OC(=O)c2ccccc2)[C@H](OC(=O)c2ccccc2)[C@H]2OC3(CCCCC3)O[C@H]2[C@H]1O[Si](c1ccccc1)(c1ccccc1)C(C)(C)C. The van der Waals surface area contributed by atoms with E-state index >= 15 is 0 Å². The van der Waals surface area contributed by atoms with Gasteiger partial charge in [0.2, 0.25) is 0 Å². The molecule has 10 heteroatoms. The third-order valence-electron chi connectivity index (χ3n) is 10.9. The van der Waals surface area contributed by atoms with Gasteiger partial charge in [-0.15, -0.1) is 0 Å². The van der Waals surface area contributed by atoms with Crippen LogP contribution in [0.5, 0.6) is 0 Å². The van der Waals surface area contributed by atoms with Gasteiger partial charge in [0.1, 0.15) is 31.2 Å². The number of fused-ring (bicyclic) bond motifs is 1. The first-order valence-electron chi connectivity index (χ1n) is 18.9. The number of rotatable bonds is 11. The minimum atomic E-state index is -3.28. The topological polar surface area (TPSA) is 98.8 Å². The lowest BCUT2D eigenvalue weighted by atomic mass is 9.84. The largest absolute Gasteiger partial charge is 0.452 e. The maximum atomic E-state index is 14.1. The highest BCUT2D eigenvalue weighted by Crippen LogP contribution is 2.49. The summed E-state index contributed by atoms with van der Waals surface area (Å²) in [7, 11) is -1.75. The molecule has 1 saturated heterocycles. The molecule has 1 spiro atoms. The van der Waals surface area contributed by atoms with Crippen molar-refractivity contribution in [3.63, 3.8) is 0 Å². The molecule has 2 saturated carbocycles. The van der Waals surface area contributed by atoms with Gasteiger partial charge < -0.3 is 32.8 Å². The standard InChI is InChI=1S/C44H50O9Si/c1-43(2,3)54(33-24-14-7-15-25-33,34-26-16-8-17-27-34)53-40-35(48-30-47-4)36(49-41(45)31-20-10-5-11-21-31)37(50-42(46)32-22-12-6-13-23-32)38-39(40)52-44(51-38)28-18-9-19-29-44/h5-8,10-17,20-27,35-40H,9,18-19,28-30H2,1-4H3/t35-,36-,37+,38-,39-,40+/m1/s1. The summed E-state index contributed by atoms with van der Waals surface area (Å²) in [6, 6.07) is 38.2. The molecule has 0 amide bonds. The Morgan fingerprint density at radius 2 is 1.07 bits per heavy atom. The van der Waals surface area contributed by atoms with Gasteiger partial charge in [-0.1, -0.05) is 124 Å². The van der Waals surface area contributed by atoms with E-state index in [0.29, 0.717) is 24.0 Å². The van der Waals surface area contributed by atoms with Crippen molar-refractivity contribution in [3.8, 4) is 0 Å². The average molecular weight is 751 g/mol. The number of hydrogen-bond donors (Lipinski definition) is 0. The van der Waals surface area contributed by atoms with E-state index in [-0.39, 0.29) is 6.79 Å². The highest BCUT2D eigenvalue weighted by Gasteiger charge is 2.66. The monoisotopic (exact) mass is 750 g/mol. The molecule has 6 atom stereocenters. The molecule has 54 heavy (non-hydrogen) atoms. The van der Waals surface area contributed by atoms with Gasteiger partial charge in [-0.05, 0) is 52.5 Å². The zero-order valence-electron chi connectivity index (χ0n) is 31.4. The van der Waals surface area contributed by atoms with Gasteiger partial charge in [-0.25, -0.2) is 9.59 Å². The lowest BCUT2D eigenvalue weighted by Crippen LogP contribution is -2.73. The van der Waals surface area contributed by atoms with Crippen molar-refractivity contribution < 1.29 is 42.4 Å². The van der Waals surface area contributed by atoms with Crippen molar-refractivity contribution in [3.05, 3.63) is 132 Å². The van der Waals surface area contributed by atoms with Gasteiger partial charge in [0.15, 0.2) is 18.0 Å². The molecule has 0 radical (unpaired) electrons. The molecule has 2 aliphatic carbocycles. The molecule has 0 unspecified atom stereocenters. The van der Waals surface area contributed by atoms with Crippen molar-refractivity contribution in [2.45, 2.75) is 100 Å². The number of carbonyl (C=O) groups is 2. The second kappa shape index (κ2) is 16.3. The van der Waals surface area contributed by atoms with Crippen molar-refractivity contribution in [1.82, 2.24) is 0 Å². The summed E-state index contributed by atoms with van der Waals surface area (Å²) in [5.74, 6) is -2.10. The van der Waals surface area contributed by atoms with Crippen LogP contribution >= 0.6 is 0 Å². The molecule has 9 nitrogen and oxygen atoms in total. The van der Waals surface area contributed by atoms with Crippen LogP contribution in [0.1, 0.15) is 73.6 Å². The van der Waals surface area contributed by atoms with Crippen LogP contribution in [-0.4, -0.2) is 76.6 Å². The first-order chi connectivity index (χ1) is 26.2. The van der Waals surface area contributed by atoms with Crippen LogP contribution in [0, 0.1) is 0 Å². The van der Waals surface area contributed by atoms with Crippen LogP contribution in [0.4, 0.5) is 0 Å². The third-order valence-corrected chi connectivity index (χ3v) is 15.9. The molecular weight excluding hydrogens is 701 g/mol. The van der Waals surface area contributed by atoms with Crippen molar-refractivity contribution in [1.29, 1.82) is 0 Å². The maximum absolute atomic E-state index is 14.1. The van der Waals surface area contributed by atoms with Gasteiger partial charge in [-0.3, -0.25) is 0 Å². The Hall–Kier alpha value is -4.16. The first kappa shape index (κ1) is 38.1. The van der Waals surface area contributed by atoms with E-state index in [1.165, 1.54) is 7.11 Å². The molecule has 1 aliphatic heterocycles. The third kappa shape index (κ3) is 7.56. The van der Waals surface area contributed by atoms with E-state index < -0.39 is 67.7 Å².